The molecule has 0 atom stereocenters. The Hall–Kier alpha value is -0.0800. The Bertz CT molecular complexity index is 120. The van der Waals surface area contributed by atoms with Gasteiger partial charge in [0.15, 0.2) is 0 Å². The predicted octanol–water partition coefficient (Wildman–Crippen LogP) is 2.73. The zero-order valence-electron chi connectivity index (χ0n) is 9.92. The van der Waals surface area contributed by atoms with E-state index in [1.807, 2.05) is 0 Å². The van der Waals surface area contributed by atoms with Gasteiger partial charge >= 0.3 is 0 Å². The van der Waals surface area contributed by atoms with E-state index in [0.29, 0.717) is 12.0 Å². The molecule has 14 heavy (non-hydrogen) atoms. The van der Waals surface area contributed by atoms with Gasteiger partial charge in [-0.1, -0.05) is 40.0 Å². The zero-order valence-corrected chi connectivity index (χ0v) is 9.92. The third-order valence-corrected chi connectivity index (χ3v) is 2.59. The van der Waals surface area contributed by atoms with E-state index < -0.39 is 0 Å². The second kappa shape index (κ2) is 7.24. The highest BCUT2D eigenvalue weighted by Gasteiger charge is 2.34. The Morgan fingerprint density at radius 3 is 1.93 bits per heavy atom. The molecule has 0 unspecified atom stereocenters. The molecule has 0 heterocycles. The molecule has 86 valence electrons. The van der Waals surface area contributed by atoms with Gasteiger partial charge in [-0.15, -0.1) is 0 Å². The molecule has 1 aliphatic rings. The van der Waals surface area contributed by atoms with Crippen molar-refractivity contribution in [1.82, 2.24) is 0 Å². The fourth-order valence-electron chi connectivity index (χ4n) is 1.75. The summed E-state index contributed by atoms with van der Waals surface area (Å²) < 4.78 is 0. The smallest absolute Gasteiger partial charge is 0.0550 e. The lowest BCUT2D eigenvalue weighted by Crippen LogP contribution is -2.35. The van der Waals surface area contributed by atoms with Crippen LogP contribution < -0.4 is 0 Å². The van der Waals surface area contributed by atoms with Gasteiger partial charge < -0.3 is 10.2 Å². The van der Waals surface area contributed by atoms with Crippen molar-refractivity contribution in [3.8, 4) is 0 Å². The molecule has 0 aromatic heterocycles. The average molecular weight is 202 g/mol. The minimum atomic E-state index is 0.00926. The Labute approximate surface area is 88.3 Å². The van der Waals surface area contributed by atoms with Gasteiger partial charge in [0.05, 0.1) is 6.10 Å². The van der Waals surface area contributed by atoms with E-state index >= 15 is 0 Å². The summed E-state index contributed by atoms with van der Waals surface area (Å²) in [5.41, 5.74) is 0.444. The molecule has 1 aliphatic carbocycles. The third kappa shape index (κ3) is 7.34. The van der Waals surface area contributed by atoms with Crippen LogP contribution in [0, 0.1) is 5.41 Å². The van der Waals surface area contributed by atoms with Crippen molar-refractivity contribution in [3.63, 3.8) is 0 Å². The van der Waals surface area contributed by atoms with Crippen molar-refractivity contribution in [2.24, 2.45) is 5.41 Å². The molecule has 2 N–H and O–H groups in total. The summed E-state index contributed by atoms with van der Waals surface area (Å²) in [6.07, 6.45) is 6.68. The van der Waals surface area contributed by atoms with Crippen molar-refractivity contribution in [1.29, 1.82) is 0 Å². The predicted molar refractivity (Wildman–Crippen MR) is 60.2 cm³/mol. The lowest BCUT2D eigenvalue weighted by atomic mass is 9.70. The van der Waals surface area contributed by atoms with Crippen LogP contribution in [0.15, 0.2) is 0 Å². The van der Waals surface area contributed by atoms with Crippen molar-refractivity contribution in [2.75, 3.05) is 6.61 Å². The molecule has 1 rings (SSSR count). The molecule has 0 aromatic carbocycles. The number of hydrogen-bond donors (Lipinski definition) is 2. The summed E-state index contributed by atoms with van der Waals surface area (Å²) in [4.78, 5) is 0. The van der Waals surface area contributed by atoms with Crippen LogP contribution in [-0.2, 0) is 0 Å². The maximum atomic E-state index is 8.78. The standard InChI is InChI=1S/C6H12O.C6H14O/c1-6(2)3-5(7)4-6;1-2-3-4-5-6-7/h5,7H,3-4H2,1-2H3;7H,2-6H2,1H3. The first-order chi connectivity index (χ1) is 6.52. The number of aliphatic hydroxyl groups excluding tert-OH is 2. The monoisotopic (exact) mass is 202 g/mol. The van der Waals surface area contributed by atoms with E-state index in [2.05, 4.69) is 20.8 Å². The number of rotatable bonds is 4. The molecule has 0 saturated heterocycles. The molecule has 0 radical (unpaired) electrons. The Morgan fingerprint density at radius 2 is 1.71 bits per heavy atom. The first kappa shape index (κ1) is 13.9. The quantitative estimate of drug-likeness (QED) is 0.688. The minimum Gasteiger partial charge on any atom is -0.396 e. The lowest BCUT2D eigenvalue weighted by molar-refractivity contribution is -0.00809. The van der Waals surface area contributed by atoms with Crippen LogP contribution in [-0.4, -0.2) is 22.9 Å². The van der Waals surface area contributed by atoms with Gasteiger partial charge in [0, 0.05) is 6.61 Å². The molecule has 0 amide bonds. The van der Waals surface area contributed by atoms with Crippen LogP contribution in [0.1, 0.15) is 59.3 Å². The molecule has 0 bridgehead atoms. The minimum absolute atomic E-state index is 0.00926. The SMILES string of the molecule is CC1(C)CC(O)C1.CCCCCCO. The topological polar surface area (TPSA) is 40.5 Å². The number of hydrogen-bond acceptors (Lipinski definition) is 2. The van der Waals surface area contributed by atoms with Crippen LogP contribution in [0.4, 0.5) is 0 Å². The molecule has 1 saturated carbocycles. The van der Waals surface area contributed by atoms with Gasteiger partial charge in [0.1, 0.15) is 0 Å². The molecule has 0 aliphatic heterocycles. The Balaban J connectivity index is 0.000000241. The molecule has 1 fully saturated rings. The highest BCUT2D eigenvalue weighted by atomic mass is 16.3. The fraction of sp³-hybridized carbons (Fsp3) is 1.00. The lowest BCUT2D eigenvalue weighted by Gasteiger charge is -2.39. The molecule has 0 spiro atoms. The summed E-state index contributed by atoms with van der Waals surface area (Å²) in [5, 5.41) is 17.1. The van der Waals surface area contributed by atoms with Crippen LogP contribution in [0.2, 0.25) is 0 Å². The van der Waals surface area contributed by atoms with Crippen molar-refractivity contribution in [3.05, 3.63) is 0 Å². The van der Waals surface area contributed by atoms with Gasteiger partial charge in [0.25, 0.3) is 0 Å². The highest BCUT2D eigenvalue weighted by Crippen LogP contribution is 2.39. The van der Waals surface area contributed by atoms with E-state index in [1.54, 1.807) is 0 Å². The highest BCUT2D eigenvalue weighted by molar-refractivity contribution is 4.85. The van der Waals surface area contributed by atoms with Gasteiger partial charge in [-0.25, -0.2) is 0 Å². The third-order valence-electron chi connectivity index (χ3n) is 2.59. The molecule has 0 aromatic rings. The Morgan fingerprint density at radius 1 is 1.14 bits per heavy atom. The molecular formula is C12H26O2. The van der Waals surface area contributed by atoms with Crippen LogP contribution in [0.25, 0.3) is 0 Å². The van der Waals surface area contributed by atoms with Gasteiger partial charge in [-0.2, -0.15) is 0 Å². The summed E-state index contributed by atoms with van der Waals surface area (Å²) in [6, 6.07) is 0. The molecule has 2 heteroatoms. The summed E-state index contributed by atoms with van der Waals surface area (Å²) in [7, 11) is 0. The number of aliphatic hydroxyl groups is 2. The van der Waals surface area contributed by atoms with Crippen LogP contribution >= 0.6 is 0 Å². The van der Waals surface area contributed by atoms with Gasteiger partial charge in [-0.3, -0.25) is 0 Å². The normalized spacial score (nSPS) is 19.5. The second-order valence-corrected chi connectivity index (χ2v) is 5.01. The molecular weight excluding hydrogens is 176 g/mol. The molecule has 2 nitrogen and oxygen atoms in total. The maximum Gasteiger partial charge on any atom is 0.0550 e. The van der Waals surface area contributed by atoms with Crippen molar-refractivity contribution < 1.29 is 10.2 Å². The van der Waals surface area contributed by atoms with E-state index in [1.165, 1.54) is 19.3 Å². The second-order valence-electron chi connectivity index (χ2n) is 5.01. The summed E-state index contributed by atoms with van der Waals surface area (Å²) >= 11 is 0. The van der Waals surface area contributed by atoms with E-state index in [-0.39, 0.29) is 6.10 Å². The van der Waals surface area contributed by atoms with E-state index in [4.69, 9.17) is 10.2 Å². The van der Waals surface area contributed by atoms with Gasteiger partial charge in [0.2, 0.25) is 0 Å². The van der Waals surface area contributed by atoms with Crippen LogP contribution in [0.5, 0.6) is 0 Å². The first-order valence-corrected chi connectivity index (χ1v) is 5.81. The first-order valence-electron chi connectivity index (χ1n) is 5.81. The zero-order chi connectivity index (χ0) is 11.0. The van der Waals surface area contributed by atoms with E-state index in [9.17, 15) is 0 Å². The average Bonchev–Trinajstić information content (AvgIpc) is 2.03. The summed E-state index contributed by atoms with van der Waals surface area (Å²) in [5.74, 6) is 0. The van der Waals surface area contributed by atoms with E-state index in [0.717, 1.165) is 19.3 Å². The van der Waals surface area contributed by atoms with Crippen molar-refractivity contribution in [2.45, 2.75) is 65.4 Å². The Kier molecular flexibility index (Phi) is 7.20. The largest absolute Gasteiger partial charge is 0.396 e. The maximum absolute atomic E-state index is 8.78. The van der Waals surface area contributed by atoms with Crippen molar-refractivity contribution >= 4 is 0 Å². The summed E-state index contributed by atoms with van der Waals surface area (Å²) in [6.45, 7) is 6.89. The van der Waals surface area contributed by atoms with Crippen LogP contribution in [0.3, 0.4) is 0 Å². The fourth-order valence-corrected chi connectivity index (χ4v) is 1.75. The van der Waals surface area contributed by atoms with Gasteiger partial charge in [-0.05, 0) is 24.7 Å². The number of unbranched alkanes of at least 4 members (excludes halogenated alkanes) is 3.